The number of aromatic nitrogens is 1. The molecule has 2 aromatic heterocycles. The SMILES string of the molecule is CCCn1c(C)cc(C(=O)COC(=O)CNC(=O)c2ccc(C)s2)c1C. The highest BCUT2D eigenvalue weighted by molar-refractivity contribution is 7.13. The van der Waals surface area contributed by atoms with Crippen LogP contribution in [0.15, 0.2) is 18.2 Å². The summed E-state index contributed by atoms with van der Waals surface area (Å²) in [5, 5.41) is 2.50. The zero-order chi connectivity index (χ0) is 19.3. The van der Waals surface area contributed by atoms with Gasteiger partial charge in [0.1, 0.15) is 6.54 Å². The van der Waals surface area contributed by atoms with Gasteiger partial charge >= 0.3 is 5.97 Å². The second-order valence-electron chi connectivity index (χ2n) is 6.11. The molecule has 2 heterocycles. The van der Waals surface area contributed by atoms with Crippen LogP contribution in [-0.4, -0.2) is 35.4 Å². The van der Waals surface area contributed by atoms with E-state index >= 15 is 0 Å². The molecule has 0 radical (unpaired) electrons. The fourth-order valence-electron chi connectivity index (χ4n) is 2.72. The van der Waals surface area contributed by atoms with Crippen molar-refractivity contribution in [1.29, 1.82) is 0 Å². The molecule has 140 valence electrons. The van der Waals surface area contributed by atoms with Crippen molar-refractivity contribution in [2.24, 2.45) is 0 Å². The van der Waals surface area contributed by atoms with Gasteiger partial charge in [0.2, 0.25) is 5.78 Å². The van der Waals surface area contributed by atoms with Crippen molar-refractivity contribution in [1.82, 2.24) is 9.88 Å². The smallest absolute Gasteiger partial charge is 0.325 e. The van der Waals surface area contributed by atoms with Crippen molar-refractivity contribution >= 4 is 29.0 Å². The predicted octanol–water partition coefficient (Wildman–Crippen LogP) is 3.04. The molecule has 0 spiro atoms. The van der Waals surface area contributed by atoms with Crippen LogP contribution in [0.3, 0.4) is 0 Å². The van der Waals surface area contributed by atoms with Crippen LogP contribution >= 0.6 is 11.3 Å². The lowest BCUT2D eigenvalue weighted by Gasteiger charge is -2.08. The van der Waals surface area contributed by atoms with Gasteiger partial charge in [-0.05, 0) is 45.4 Å². The molecule has 0 fully saturated rings. The summed E-state index contributed by atoms with van der Waals surface area (Å²) in [7, 11) is 0. The maximum Gasteiger partial charge on any atom is 0.325 e. The summed E-state index contributed by atoms with van der Waals surface area (Å²) < 4.78 is 7.09. The van der Waals surface area contributed by atoms with Crippen LogP contribution in [0.25, 0.3) is 0 Å². The number of carbonyl (C=O) groups is 3. The molecule has 0 aromatic carbocycles. The summed E-state index contributed by atoms with van der Waals surface area (Å²) in [6.45, 7) is 8.07. The zero-order valence-corrected chi connectivity index (χ0v) is 16.4. The number of amides is 1. The molecule has 26 heavy (non-hydrogen) atoms. The standard InChI is InChI=1S/C19H24N2O4S/c1-5-8-21-12(2)9-15(14(21)4)16(22)11-25-18(23)10-20-19(24)17-7-6-13(3)26-17/h6-7,9H,5,8,10-11H2,1-4H3,(H,20,24). The first kappa shape index (κ1) is 19.9. The Bertz CT molecular complexity index is 820. The third-order valence-corrected chi connectivity index (χ3v) is 5.04. The van der Waals surface area contributed by atoms with Crippen molar-refractivity contribution in [3.8, 4) is 0 Å². The minimum atomic E-state index is -0.637. The van der Waals surface area contributed by atoms with Crippen molar-refractivity contribution in [2.45, 2.75) is 40.7 Å². The van der Waals surface area contributed by atoms with Crippen LogP contribution in [0.4, 0.5) is 0 Å². The van der Waals surface area contributed by atoms with E-state index in [-0.39, 0.29) is 24.8 Å². The Labute approximate surface area is 157 Å². The molecule has 0 aliphatic rings. The Balaban J connectivity index is 1.84. The molecule has 0 unspecified atom stereocenters. The quantitative estimate of drug-likeness (QED) is 0.567. The lowest BCUT2D eigenvalue weighted by Crippen LogP contribution is -2.31. The Morgan fingerprint density at radius 2 is 1.92 bits per heavy atom. The number of carbonyl (C=O) groups excluding carboxylic acids is 3. The van der Waals surface area contributed by atoms with Gasteiger partial charge in [-0.1, -0.05) is 6.92 Å². The first-order valence-corrected chi connectivity index (χ1v) is 9.35. The number of Topliss-reactive ketones (excluding diaryl/α,β-unsaturated/α-hetero) is 1. The highest BCUT2D eigenvalue weighted by Gasteiger charge is 2.17. The van der Waals surface area contributed by atoms with Gasteiger partial charge in [-0.25, -0.2) is 0 Å². The van der Waals surface area contributed by atoms with Gasteiger partial charge in [0.05, 0.1) is 4.88 Å². The molecule has 0 bridgehead atoms. The minimum Gasteiger partial charge on any atom is -0.456 e. The lowest BCUT2D eigenvalue weighted by molar-refractivity contribution is -0.141. The van der Waals surface area contributed by atoms with E-state index in [4.69, 9.17) is 4.74 Å². The highest BCUT2D eigenvalue weighted by Crippen LogP contribution is 2.17. The molecular weight excluding hydrogens is 352 g/mol. The summed E-state index contributed by atoms with van der Waals surface area (Å²) in [4.78, 5) is 37.6. The van der Waals surface area contributed by atoms with E-state index in [2.05, 4.69) is 16.8 Å². The number of ether oxygens (including phenoxy) is 1. The van der Waals surface area contributed by atoms with Crippen LogP contribution in [0.2, 0.25) is 0 Å². The van der Waals surface area contributed by atoms with E-state index < -0.39 is 5.97 Å². The Morgan fingerprint density at radius 3 is 2.54 bits per heavy atom. The van der Waals surface area contributed by atoms with Crippen LogP contribution in [0, 0.1) is 20.8 Å². The van der Waals surface area contributed by atoms with E-state index in [1.807, 2.05) is 32.9 Å². The molecule has 1 N–H and O–H groups in total. The Hall–Kier alpha value is -2.41. The van der Waals surface area contributed by atoms with E-state index in [9.17, 15) is 14.4 Å². The second kappa shape index (κ2) is 8.80. The highest BCUT2D eigenvalue weighted by atomic mass is 32.1. The van der Waals surface area contributed by atoms with Crippen molar-refractivity contribution in [2.75, 3.05) is 13.2 Å². The number of hydrogen-bond acceptors (Lipinski definition) is 5. The second-order valence-corrected chi connectivity index (χ2v) is 7.40. The normalized spacial score (nSPS) is 10.6. The van der Waals surface area contributed by atoms with Gasteiger partial charge in [-0.2, -0.15) is 0 Å². The molecule has 1 amide bonds. The third kappa shape index (κ3) is 4.82. The number of hydrogen-bond donors (Lipinski definition) is 1. The number of aryl methyl sites for hydroxylation is 2. The Morgan fingerprint density at radius 1 is 1.19 bits per heavy atom. The molecule has 0 atom stereocenters. The van der Waals surface area contributed by atoms with E-state index in [0.29, 0.717) is 10.4 Å². The largest absolute Gasteiger partial charge is 0.456 e. The van der Waals surface area contributed by atoms with Crippen LogP contribution in [0.5, 0.6) is 0 Å². The summed E-state index contributed by atoms with van der Waals surface area (Å²) in [6.07, 6.45) is 0.975. The van der Waals surface area contributed by atoms with E-state index in [0.717, 1.165) is 29.2 Å². The van der Waals surface area contributed by atoms with Gasteiger partial charge < -0.3 is 14.6 Å². The first-order valence-electron chi connectivity index (χ1n) is 8.53. The van der Waals surface area contributed by atoms with Crippen molar-refractivity contribution < 1.29 is 19.1 Å². The van der Waals surface area contributed by atoms with Crippen LogP contribution < -0.4 is 5.32 Å². The van der Waals surface area contributed by atoms with E-state index in [1.54, 1.807) is 6.07 Å². The van der Waals surface area contributed by atoms with Gasteiger partial charge in [-0.3, -0.25) is 14.4 Å². The number of nitrogens with zero attached hydrogens (tertiary/aromatic N) is 1. The van der Waals surface area contributed by atoms with Gasteiger partial charge in [0, 0.05) is 28.4 Å². The number of rotatable bonds is 8. The van der Waals surface area contributed by atoms with E-state index in [1.165, 1.54) is 11.3 Å². The number of thiophene rings is 1. The monoisotopic (exact) mass is 376 g/mol. The maximum absolute atomic E-state index is 12.3. The van der Waals surface area contributed by atoms with Crippen molar-refractivity contribution in [3.05, 3.63) is 44.9 Å². The number of nitrogens with one attached hydrogen (secondary N) is 1. The molecule has 2 rings (SSSR count). The summed E-state index contributed by atoms with van der Waals surface area (Å²) >= 11 is 1.35. The fourth-order valence-corrected chi connectivity index (χ4v) is 3.51. The topological polar surface area (TPSA) is 77.4 Å². The van der Waals surface area contributed by atoms with Crippen LogP contribution in [0.1, 0.15) is 49.6 Å². The van der Waals surface area contributed by atoms with Gasteiger partial charge in [0.15, 0.2) is 6.61 Å². The first-order chi connectivity index (χ1) is 12.3. The number of ketones is 1. The molecule has 0 saturated carbocycles. The van der Waals surface area contributed by atoms with Gasteiger partial charge in [-0.15, -0.1) is 11.3 Å². The zero-order valence-electron chi connectivity index (χ0n) is 15.5. The lowest BCUT2D eigenvalue weighted by atomic mass is 10.1. The molecule has 0 saturated heterocycles. The average Bonchev–Trinajstić information content (AvgIpc) is 3.16. The Kier molecular flexibility index (Phi) is 6.74. The molecule has 2 aromatic rings. The maximum atomic E-state index is 12.3. The molecule has 0 aliphatic carbocycles. The summed E-state index contributed by atoms with van der Waals surface area (Å²) in [5.74, 6) is -1.20. The fraction of sp³-hybridized carbons (Fsp3) is 0.421. The molecular formula is C19H24N2O4S. The summed E-state index contributed by atoms with van der Waals surface area (Å²) in [6, 6.07) is 5.36. The molecule has 6 nitrogen and oxygen atoms in total. The molecule has 0 aliphatic heterocycles. The van der Waals surface area contributed by atoms with Crippen LogP contribution in [-0.2, 0) is 16.1 Å². The van der Waals surface area contributed by atoms with Crippen molar-refractivity contribution in [3.63, 3.8) is 0 Å². The molecule has 7 heteroatoms. The average molecular weight is 376 g/mol. The van der Waals surface area contributed by atoms with Gasteiger partial charge in [0.25, 0.3) is 5.91 Å². The minimum absolute atomic E-state index is 0.242. The predicted molar refractivity (Wildman–Crippen MR) is 101 cm³/mol. The number of esters is 1. The third-order valence-electron chi connectivity index (χ3n) is 4.04. The summed E-state index contributed by atoms with van der Waals surface area (Å²) in [5.41, 5.74) is 2.46.